The number of fused-ring (bicyclic) bond motifs is 11. The van der Waals surface area contributed by atoms with Gasteiger partial charge in [-0.2, -0.15) is 0 Å². The molecule has 0 saturated carbocycles. The summed E-state index contributed by atoms with van der Waals surface area (Å²) in [4.78, 5) is 0. The van der Waals surface area contributed by atoms with Crippen LogP contribution in [-0.2, 0) is 5.41 Å². The fraction of sp³-hybridized carbons (Fsp3) is 0.222. The Kier molecular flexibility index (Phi) is 4.82. The van der Waals surface area contributed by atoms with Gasteiger partial charge < -0.3 is 9.15 Å². The molecule has 5 heterocycles. The number of aryl methyl sites for hydroxylation is 1. The van der Waals surface area contributed by atoms with Crippen molar-refractivity contribution in [3.63, 3.8) is 0 Å². The summed E-state index contributed by atoms with van der Waals surface area (Å²) in [7, 11) is 0. The van der Waals surface area contributed by atoms with Crippen LogP contribution in [0.3, 0.4) is 0 Å². The van der Waals surface area contributed by atoms with Crippen LogP contribution in [0.1, 0.15) is 51.6 Å². The van der Waals surface area contributed by atoms with Gasteiger partial charge in [0.05, 0.1) is 10.9 Å². The van der Waals surface area contributed by atoms with E-state index in [1.54, 1.807) is 0 Å². The first-order chi connectivity index (χ1) is 19.8. The molecule has 0 saturated heterocycles. The van der Waals surface area contributed by atoms with Crippen LogP contribution < -0.4 is 21.1 Å². The minimum absolute atomic E-state index is 0.0294. The topological polar surface area (TPSA) is 31.7 Å². The second-order valence-electron chi connectivity index (χ2n) is 12.2. The first-order valence-electron chi connectivity index (χ1n) is 14.7. The van der Waals surface area contributed by atoms with E-state index in [0.717, 1.165) is 33.4 Å². The zero-order valence-electron chi connectivity index (χ0n) is 24.7. The maximum Gasteiger partial charge on any atom is 0.259 e. The van der Waals surface area contributed by atoms with Gasteiger partial charge >= 0.3 is 0 Å². The molecule has 4 nitrogen and oxygen atoms in total. The Labute approximate surface area is 240 Å². The number of imidazole rings is 1. The minimum atomic E-state index is -0.0294. The Balaban J connectivity index is 0.00000125. The number of aromatic nitrogens is 2. The molecule has 5 heteroatoms. The van der Waals surface area contributed by atoms with Crippen molar-refractivity contribution in [1.82, 2.24) is 8.97 Å². The van der Waals surface area contributed by atoms with Gasteiger partial charge in [-0.15, -0.1) is 0 Å². The molecule has 0 amide bonds. The van der Waals surface area contributed by atoms with Gasteiger partial charge in [-0.05, 0) is 76.9 Å². The zero-order valence-corrected chi connectivity index (χ0v) is 24.7. The summed E-state index contributed by atoms with van der Waals surface area (Å²) < 4.78 is 18.2. The smallest absolute Gasteiger partial charge is 0.259 e. The predicted molar refractivity (Wildman–Crippen MR) is 172 cm³/mol. The molecule has 9 rings (SSSR count). The highest BCUT2D eigenvalue weighted by Crippen LogP contribution is 2.42. The quantitative estimate of drug-likeness (QED) is 0.186. The fourth-order valence-corrected chi connectivity index (χ4v) is 7.18. The molecule has 4 aromatic carbocycles. The summed E-state index contributed by atoms with van der Waals surface area (Å²) in [6.07, 6.45) is 0. The Hall–Kier alpha value is -4.38. The second kappa shape index (κ2) is 8.10. The molecule has 0 spiro atoms. The highest BCUT2D eigenvalue weighted by atomic mass is 16.5. The first-order valence-corrected chi connectivity index (χ1v) is 14.7. The highest BCUT2D eigenvalue weighted by molar-refractivity contribution is 7.00. The van der Waals surface area contributed by atoms with E-state index in [4.69, 9.17) is 9.15 Å². The third-order valence-corrected chi connectivity index (χ3v) is 9.15. The van der Waals surface area contributed by atoms with Gasteiger partial charge in [0.2, 0.25) is 0 Å². The molecule has 7 aromatic rings. The van der Waals surface area contributed by atoms with E-state index in [2.05, 4.69) is 104 Å². The lowest BCUT2D eigenvalue weighted by Gasteiger charge is -2.34. The van der Waals surface area contributed by atoms with Crippen molar-refractivity contribution in [2.75, 3.05) is 0 Å². The molecule has 0 bridgehead atoms. The van der Waals surface area contributed by atoms with E-state index < -0.39 is 0 Å². The number of hydrogen-bond donors (Lipinski definition) is 0. The molecule has 0 unspecified atom stereocenters. The molecule has 0 radical (unpaired) electrons. The van der Waals surface area contributed by atoms with Crippen LogP contribution in [0.5, 0.6) is 11.5 Å². The Morgan fingerprint density at radius 1 is 0.756 bits per heavy atom. The number of nitrogens with zero attached hydrogens (tertiary/aromatic N) is 2. The van der Waals surface area contributed by atoms with Gasteiger partial charge in [0.15, 0.2) is 0 Å². The third kappa shape index (κ3) is 2.96. The van der Waals surface area contributed by atoms with Crippen LogP contribution in [0.2, 0.25) is 0 Å². The largest absolute Gasteiger partial charge is 0.458 e. The number of benzene rings is 4. The summed E-state index contributed by atoms with van der Waals surface area (Å²) in [6, 6.07) is 26.2. The third-order valence-electron chi connectivity index (χ3n) is 9.15. The number of rotatable bonds is 0. The lowest BCUT2D eigenvalue weighted by atomic mass is 9.34. The van der Waals surface area contributed by atoms with Crippen molar-refractivity contribution in [1.29, 1.82) is 0 Å². The van der Waals surface area contributed by atoms with Gasteiger partial charge in [0, 0.05) is 22.5 Å². The molecular weight excluding hydrogens is 503 g/mol. The first kappa shape index (κ1) is 24.4. The molecule has 0 fully saturated rings. The van der Waals surface area contributed by atoms with Gasteiger partial charge in [0.1, 0.15) is 28.3 Å². The average Bonchev–Trinajstić information content (AvgIpc) is 3.61. The van der Waals surface area contributed by atoms with Crippen molar-refractivity contribution in [3.05, 3.63) is 89.7 Å². The van der Waals surface area contributed by atoms with E-state index in [-0.39, 0.29) is 12.1 Å². The summed E-state index contributed by atoms with van der Waals surface area (Å²) >= 11 is 0. The highest BCUT2D eigenvalue weighted by Gasteiger charge is 2.44. The van der Waals surface area contributed by atoms with Crippen molar-refractivity contribution in [3.8, 4) is 17.2 Å². The predicted octanol–water partition coefficient (Wildman–Crippen LogP) is 7.66. The summed E-state index contributed by atoms with van der Waals surface area (Å²) in [5.41, 5.74) is 13.1. The Morgan fingerprint density at radius 3 is 2.27 bits per heavy atom. The molecular formula is C36H33BN2O2. The average molecular weight is 536 g/mol. The van der Waals surface area contributed by atoms with Crippen LogP contribution >= 0.6 is 0 Å². The van der Waals surface area contributed by atoms with Gasteiger partial charge in [0.25, 0.3) is 6.71 Å². The molecule has 2 aliphatic rings. The van der Waals surface area contributed by atoms with E-state index in [9.17, 15) is 0 Å². The molecule has 3 aromatic heterocycles. The minimum Gasteiger partial charge on any atom is -0.458 e. The van der Waals surface area contributed by atoms with E-state index >= 15 is 0 Å². The van der Waals surface area contributed by atoms with Crippen molar-refractivity contribution in [2.45, 2.75) is 53.9 Å². The van der Waals surface area contributed by atoms with Gasteiger partial charge in [-0.25, -0.2) is 0 Å². The molecule has 202 valence electrons. The summed E-state index contributed by atoms with van der Waals surface area (Å²) in [5.74, 6) is 1.87. The molecule has 0 N–H and O–H groups in total. The van der Waals surface area contributed by atoms with Crippen LogP contribution in [-0.4, -0.2) is 15.7 Å². The lowest BCUT2D eigenvalue weighted by molar-refractivity contribution is 0.488. The van der Waals surface area contributed by atoms with Crippen molar-refractivity contribution >= 4 is 61.6 Å². The van der Waals surface area contributed by atoms with Crippen molar-refractivity contribution < 1.29 is 9.15 Å². The molecule has 0 aliphatic carbocycles. The van der Waals surface area contributed by atoms with E-state index in [1.807, 2.05) is 26.0 Å². The maximum atomic E-state index is 7.01. The monoisotopic (exact) mass is 536 g/mol. The number of ether oxygens (including phenoxy) is 1. The van der Waals surface area contributed by atoms with E-state index in [1.165, 1.54) is 55.6 Å². The summed E-state index contributed by atoms with van der Waals surface area (Å²) in [6.45, 7) is 15.4. The normalized spacial score (nSPS) is 13.4. The van der Waals surface area contributed by atoms with E-state index in [0.29, 0.717) is 0 Å². The fourth-order valence-electron chi connectivity index (χ4n) is 7.18. The van der Waals surface area contributed by atoms with Crippen LogP contribution in [0, 0.1) is 13.8 Å². The zero-order chi connectivity index (χ0) is 28.4. The Morgan fingerprint density at radius 2 is 1.49 bits per heavy atom. The van der Waals surface area contributed by atoms with Gasteiger partial charge in [-0.3, -0.25) is 8.97 Å². The van der Waals surface area contributed by atoms with Crippen molar-refractivity contribution in [2.24, 2.45) is 0 Å². The molecule has 2 aliphatic heterocycles. The van der Waals surface area contributed by atoms with Gasteiger partial charge in [-0.1, -0.05) is 77.1 Å². The van der Waals surface area contributed by atoms with Crippen LogP contribution in [0.25, 0.3) is 44.2 Å². The SMILES string of the molecule is CC.Cc1c(C)n2c3ccccc3c3c2n1-c1cc(C(C)(C)C)cc2c1B3c1ccc3oc4ccccc4c3c1O2. The lowest BCUT2D eigenvalue weighted by Crippen LogP contribution is -2.58. The number of furan rings is 1. The number of hydrogen-bond acceptors (Lipinski definition) is 2. The maximum absolute atomic E-state index is 7.01. The molecule has 0 atom stereocenters. The summed E-state index contributed by atoms with van der Waals surface area (Å²) in [5, 5.41) is 3.46. The standard InChI is InChI=1S/C34H27BN2O2.C2H6/c1-18-19(2)37-25-16-20(34(3,4)5)17-28-31(25)35(30-21-10-6-8-12-24(21)36(18)33(30)37)23-14-15-27-29(32(23)39-28)22-11-7-9-13-26(22)38-27;1-2/h6-17H,1-5H3;1-2H3. The molecule has 41 heavy (non-hydrogen) atoms. The second-order valence-corrected chi connectivity index (χ2v) is 12.2. The van der Waals surface area contributed by atoms with Crippen LogP contribution in [0.15, 0.2) is 77.2 Å². The van der Waals surface area contributed by atoms with Crippen LogP contribution in [0.4, 0.5) is 0 Å². The Bertz CT molecular complexity index is 2220. The number of para-hydroxylation sites is 2.